The standard InChI is InChI=1S/C32H39F3N4O3S/c1-42-31-21-26(43(2,40)41)15-16-29(31)36-17-7-8-25-20-27-28(9-6-10-30(27)39(25)22-32(33,34)35)37-23-11-13-24(14-12-23)38-18-4-3-5-19-38/h6,9-10,15-16,20-21,23-24,36-37H,3-5,11-14,17-19,22H2,1-2H3/t23-,24+. The number of nitrogens with one attached hydrogen (secondary N) is 2. The number of piperidine rings is 1. The van der Waals surface area contributed by atoms with Crippen molar-refractivity contribution in [2.24, 2.45) is 0 Å². The van der Waals surface area contributed by atoms with Crippen LogP contribution in [0.25, 0.3) is 10.9 Å². The predicted octanol–water partition coefficient (Wildman–Crippen LogP) is 6.29. The second-order valence-electron chi connectivity index (χ2n) is 11.5. The fourth-order valence-corrected chi connectivity index (χ4v) is 6.91. The van der Waals surface area contributed by atoms with Gasteiger partial charge in [0, 0.05) is 35.5 Å². The number of halogens is 3. The van der Waals surface area contributed by atoms with Crippen molar-refractivity contribution in [3.63, 3.8) is 0 Å². The maximum Gasteiger partial charge on any atom is 0.406 e. The Hall–Kier alpha value is -3.36. The van der Waals surface area contributed by atoms with Gasteiger partial charge in [-0.25, -0.2) is 8.42 Å². The average Bonchev–Trinajstić information content (AvgIpc) is 3.32. The number of fused-ring (bicyclic) bond motifs is 1. The lowest BCUT2D eigenvalue weighted by Gasteiger charge is -2.39. The Balaban J connectivity index is 1.33. The largest absolute Gasteiger partial charge is 0.495 e. The summed E-state index contributed by atoms with van der Waals surface area (Å²) < 4.78 is 71.2. The molecule has 2 heterocycles. The number of aromatic nitrogens is 1. The average molecular weight is 617 g/mol. The van der Waals surface area contributed by atoms with Crippen LogP contribution in [0.2, 0.25) is 0 Å². The number of ether oxygens (including phenoxy) is 1. The highest BCUT2D eigenvalue weighted by Gasteiger charge is 2.30. The molecule has 0 radical (unpaired) electrons. The summed E-state index contributed by atoms with van der Waals surface area (Å²) in [6, 6.07) is 12.5. The smallest absolute Gasteiger partial charge is 0.406 e. The highest BCUT2D eigenvalue weighted by molar-refractivity contribution is 7.90. The van der Waals surface area contributed by atoms with E-state index in [2.05, 4.69) is 27.4 Å². The van der Waals surface area contributed by atoms with Gasteiger partial charge < -0.3 is 24.8 Å². The SMILES string of the molecule is COc1cc(S(C)(=O)=O)ccc1NCC#Cc1cc2c(N[C@H]3CC[C@@H](N4CCCCC4)CC3)cccc2n1CC(F)(F)F. The van der Waals surface area contributed by atoms with Crippen molar-refractivity contribution in [1.29, 1.82) is 0 Å². The molecule has 2 aliphatic rings. The predicted molar refractivity (Wildman–Crippen MR) is 165 cm³/mol. The van der Waals surface area contributed by atoms with Gasteiger partial charge in [0.05, 0.1) is 35.4 Å². The van der Waals surface area contributed by atoms with Crippen LogP contribution in [0.1, 0.15) is 50.6 Å². The Kier molecular flexibility index (Phi) is 9.47. The van der Waals surface area contributed by atoms with Crippen molar-refractivity contribution in [3.05, 3.63) is 48.2 Å². The lowest BCUT2D eigenvalue weighted by molar-refractivity contribution is -0.140. The van der Waals surface area contributed by atoms with E-state index in [0.717, 1.165) is 43.0 Å². The Morgan fingerprint density at radius 1 is 1.00 bits per heavy atom. The first kappa shape index (κ1) is 31.1. The number of benzene rings is 2. The van der Waals surface area contributed by atoms with Crippen LogP contribution in [0.4, 0.5) is 24.5 Å². The first-order valence-electron chi connectivity index (χ1n) is 14.8. The van der Waals surface area contributed by atoms with Crippen molar-refractivity contribution in [1.82, 2.24) is 9.47 Å². The summed E-state index contributed by atoms with van der Waals surface area (Å²) in [4.78, 5) is 2.76. The van der Waals surface area contributed by atoms with E-state index in [1.165, 1.54) is 56.2 Å². The Bertz CT molecular complexity index is 1590. The number of methoxy groups -OCH3 is 1. The number of hydrogen-bond donors (Lipinski definition) is 2. The van der Waals surface area contributed by atoms with E-state index in [0.29, 0.717) is 23.0 Å². The van der Waals surface area contributed by atoms with Crippen LogP contribution in [0.15, 0.2) is 47.4 Å². The van der Waals surface area contributed by atoms with Crippen molar-refractivity contribution in [3.8, 4) is 17.6 Å². The summed E-state index contributed by atoms with van der Waals surface area (Å²) in [5, 5.41) is 7.43. The number of nitrogens with zero attached hydrogens (tertiary/aromatic N) is 2. The van der Waals surface area contributed by atoms with Crippen molar-refractivity contribution >= 4 is 32.1 Å². The van der Waals surface area contributed by atoms with Gasteiger partial charge in [-0.05, 0) is 87.9 Å². The van der Waals surface area contributed by atoms with Gasteiger partial charge >= 0.3 is 6.18 Å². The molecule has 7 nitrogen and oxygen atoms in total. The Morgan fingerprint density at radius 3 is 2.42 bits per heavy atom. The second-order valence-corrected chi connectivity index (χ2v) is 13.5. The van der Waals surface area contributed by atoms with Crippen LogP contribution < -0.4 is 15.4 Å². The lowest BCUT2D eigenvalue weighted by Crippen LogP contribution is -2.43. The molecule has 0 unspecified atom stereocenters. The van der Waals surface area contributed by atoms with E-state index in [4.69, 9.17) is 4.74 Å². The number of hydrogen-bond acceptors (Lipinski definition) is 6. The monoisotopic (exact) mass is 616 g/mol. The van der Waals surface area contributed by atoms with E-state index in [9.17, 15) is 21.6 Å². The van der Waals surface area contributed by atoms with Crippen LogP contribution in [0.5, 0.6) is 5.75 Å². The maximum absolute atomic E-state index is 13.6. The molecular formula is C32H39F3N4O3S. The zero-order valence-electron chi connectivity index (χ0n) is 24.6. The molecule has 2 aromatic carbocycles. The molecule has 1 aliphatic carbocycles. The molecule has 11 heteroatoms. The molecule has 1 aliphatic heterocycles. The number of alkyl halides is 3. The Morgan fingerprint density at radius 2 is 1.74 bits per heavy atom. The molecule has 1 saturated heterocycles. The van der Waals surface area contributed by atoms with Crippen LogP contribution in [-0.4, -0.2) is 69.1 Å². The molecule has 2 fully saturated rings. The molecule has 2 N–H and O–H groups in total. The van der Waals surface area contributed by atoms with Crippen molar-refractivity contribution in [2.75, 3.05) is 43.6 Å². The molecule has 43 heavy (non-hydrogen) atoms. The number of anilines is 2. The number of sulfone groups is 1. The summed E-state index contributed by atoms with van der Waals surface area (Å²) >= 11 is 0. The quantitative estimate of drug-likeness (QED) is 0.290. The minimum absolute atomic E-state index is 0.119. The molecular weight excluding hydrogens is 577 g/mol. The number of likely N-dealkylation sites (tertiary alicyclic amines) is 1. The van der Waals surface area contributed by atoms with Crippen molar-refractivity contribution < 1.29 is 26.3 Å². The Labute approximate surface area is 251 Å². The highest BCUT2D eigenvalue weighted by Crippen LogP contribution is 2.33. The first-order chi connectivity index (χ1) is 20.5. The van der Waals surface area contributed by atoms with Gasteiger partial charge in [-0.3, -0.25) is 0 Å². The van der Waals surface area contributed by atoms with E-state index in [1.54, 1.807) is 24.3 Å². The van der Waals surface area contributed by atoms with E-state index < -0.39 is 22.6 Å². The van der Waals surface area contributed by atoms with Gasteiger partial charge in [0.25, 0.3) is 0 Å². The van der Waals surface area contributed by atoms with Gasteiger partial charge in [0.2, 0.25) is 0 Å². The molecule has 0 spiro atoms. The molecule has 0 atom stereocenters. The molecule has 3 aromatic rings. The van der Waals surface area contributed by atoms with E-state index >= 15 is 0 Å². The molecule has 1 saturated carbocycles. The number of rotatable bonds is 8. The zero-order valence-corrected chi connectivity index (χ0v) is 25.5. The normalized spacial score (nSPS) is 19.9. The molecule has 0 amide bonds. The summed E-state index contributed by atoms with van der Waals surface area (Å²) in [7, 11) is -1.97. The molecule has 0 bridgehead atoms. The summed E-state index contributed by atoms with van der Waals surface area (Å²) in [6.45, 7) is 1.36. The van der Waals surface area contributed by atoms with Gasteiger partial charge in [-0.15, -0.1) is 0 Å². The van der Waals surface area contributed by atoms with Crippen LogP contribution in [0, 0.1) is 11.8 Å². The fourth-order valence-electron chi connectivity index (χ4n) is 6.27. The topological polar surface area (TPSA) is 75.6 Å². The lowest BCUT2D eigenvalue weighted by atomic mass is 9.89. The third kappa shape index (κ3) is 7.78. The second kappa shape index (κ2) is 13.1. The molecule has 5 rings (SSSR count). The van der Waals surface area contributed by atoms with Gasteiger partial charge in [0.1, 0.15) is 12.3 Å². The summed E-state index contributed by atoms with van der Waals surface area (Å²) in [5.41, 5.74) is 2.12. The minimum atomic E-state index is -4.41. The van der Waals surface area contributed by atoms with Crippen LogP contribution in [-0.2, 0) is 16.4 Å². The maximum atomic E-state index is 13.6. The van der Waals surface area contributed by atoms with Gasteiger partial charge in [-0.2, -0.15) is 13.2 Å². The summed E-state index contributed by atoms with van der Waals surface area (Å²) in [5.74, 6) is 6.17. The van der Waals surface area contributed by atoms with Gasteiger partial charge in [0.15, 0.2) is 9.84 Å². The fraction of sp³-hybridized carbons (Fsp3) is 0.500. The van der Waals surface area contributed by atoms with Crippen LogP contribution in [0.3, 0.4) is 0 Å². The van der Waals surface area contributed by atoms with E-state index in [-0.39, 0.29) is 23.2 Å². The third-order valence-electron chi connectivity index (χ3n) is 8.43. The minimum Gasteiger partial charge on any atom is -0.495 e. The van der Waals surface area contributed by atoms with Gasteiger partial charge in [-0.1, -0.05) is 18.4 Å². The third-order valence-corrected chi connectivity index (χ3v) is 9.54. The molecule has 232 valence electrons. The highest BCUT2D eigenvalue weighted by atomic mass is 32.2. The van der Waals surface area contributed by atoms with E-state index in [1.807, 2.05) is 6.07 Å². The summed E-state index contributed by atoms with van der Waals surface area (Å²) in [6.07, 6.45) is 4.92. The first-order valence-corrected chi connectivity index (χ1v) is 16.7. The van der Waals surface area contributed by atoms with Crippen molar-refractivity contribution in [2.45, 2.75) is 74.6 Å². The zero-order chi connectivity index (χ0) is 30.6. The molecule has 1 aromatic heterocycles. The van der Waals surface area contributed by atoms with Crippen LogP contribution >= 0.6 is 0 Å².